The van der Waals surface area contributed by atoms with Crippen molar-refractivity contribution < 1.29 is 8.42 Å². The summed E-state index contributed by atoms with van der Waals surface area (Å²) in [4.78, 5) is 3.86. The smallest absolute Gasteiger partial charge is 0.244 e. The molecule has 1 aromatic rings. The van der Waals surface area contributed by atoms with Crippen LogP contribution in [0.4, 0.5) is 5.69 Å². The molecule has 1 heterocycles. The van der Waals surface area contributed by atoms with Crippen LogP contribution in [0.5, 0.6) is 0 Å². The molecule has 0 unspecified atom stereocenters. The molecule has 4 N–H and O–H groups in total. The third-order valence-corrected chi connectivity index (χ3v) is 4.36. The highest BCUT2D eigenvalue weighted by atomic mass is 32.2. The first-order valence-corrected chi connectivity index (χ1v) is 7.21. The number of rotatable bonds is 6. The van der Waals surface area contributed by atoms with Crippen LogP contribution in [0.1, 0.15) is 27.2 Å². The Bertz CT molecular complexity index is 500. The molecule has 0 bridgehead atoms. The fraction of sp³-hybridized carbons (Fsp3) is 0.545. The van der Waals surface area contributed by atoms with E-state index < -0.39 is 10.0 Å². The minimum Gasteiger partial charge on any atom is -0.323 e. The standard InChI is InChI=1S/C11H20N4O2S/c1-4-11(2,3)8-14-18(16,17)10-7-13-6-5-9(10)15-12/h5-7,14H,4,8,12H2,1-3H3,(H,13,15). The van der Waals surface area contributed by atoms with Gasteiger partial charge in [-0.3, -0.25) is 10.8 Å². The second-order valence-corrected chi connectivity index (χ2v) is 6.59. The molecular formula is C11H20N4O2S. The maximum Gasteiger partial charge on any atom is 0.244 e. The molecule has 7 heteroatoms. The summed E-state index contributed by atoms with van der Waals surface area (Å²) in [6.07, 6.45) is 3.63. The Morgan fingerprint density at radius 2 is 2.11 bits per heavy atom. The van der Waals surface area contributed by atoms with E-state index in [2.05, 4.69) is 15.1 Å². The summed E-state index contributed by atoms with van der Waals surface area (Å²) >= 11 is 0. The lowest BCUT2D eigenvalue weighted by molar-refractivity contribution is 0.350. The summed E-state index contributed by atoms with van der Waals surface area (Å²) in [5, 5.41) is 0. The summed E-state index contributed by atoms with van der Waals surface area (Å²) in [6.45, 7) is 6.39. The van der Waals surface area contributed by atoms with Crippen LogP contribution in [0.25, 0.3) is 0 Å². The molecule has 0 aromatic carbocycles. The largest absolute Gasteiger partial charge is 0.323 e. The third-order valence-electron chi connectivity index (χ3n) is 2.93. The zero-order valence-corrected chi connectivity index (χ0v) is 11.7. The Morgan fingerprint density at radius 3 is 2.67 bits per heavy atom. The fourth-order valence-electron chi connectivity index (χ4n) is 1.21. The second-order valence-electron chi connectivity index (χ2n) is 4.86. The Balaban J connectivity index is 2.94. The number of nitrogens with zero attached hydrogens (tertiary/aromatic N) is 1. The van der Waals surface area contributed by atoms with Crippen LogP contribution in [0.2, 0.25) is 0 Å². The molecule has 0 radical (unpaired) electrons. The van der Waals surface area contributed by atoms with Gasteiger partial charge in [0.15, 0.2) is 0 Å². The normalized spacial score (nSPS) is 12.4. The third kappa shape index (κ3) is 3.66. The zero-order chi connectivity index (χ0) is 13.8. The summed E-state index contributed by atoms with van der Waals surface area (Å²) < 4.78 is 26.8. The molecule has 0 atom stereocenters. The van der Waals surface area contributed by atoms with Gasteiger partial charge in [0.05, 0.1) is 5.69 Å². The van der Waals surface area contributed by atoms with Crippen LogP contribution in [0.3, 0.4) is 0 Å². The van der Waals surface area contributed by atoms with E-state index in [1.54, 1.807) is 0 Å². The average Bonchev–Trinajstić information content (AvgIpc) is 2.37. The Labute approximate surface area is 108 Å². The van der Waals surface area contributed by atoms with E-state index in [4.69, 9.17) is 5.84 Å². The van der Waals surface area contributed by atoms with Gasteiger partial charge in [-0.2, -0.15) is 0 Å². The number of nitrogen functional groups attached to an aromatic ring is 1. The van der Waals surface area contributed by atoms with Crippen molar-refractivity contribution in [2.24, 2.45) is 11.3 Å². The van der Waals surface area contributed by atoms with Gasteiger partial charge in [0, 0.05) is 18.9 Å². The average molecular weight is 272 g/mol. The summed E-state index contributed by atoms with van der Waals surface area (Å²) in [5.74, 6) is 5.29. The second kappa shape index (κ2) is 5.64. The lowest BCUT2D eigenvalue weighted by Gasteiger charge is -2.23. The van der Waals surface area contributed by atoms with E-state index in [1.165, 1.54) is 18.5 Å². The molecular weight excluding hydrogens is 252 g/mol. The van der Waals surface area contributed by atoms with E-state index >= 15 is 0 Å². The molecule has 0 saturated carbocycles. The molecule has 0 spiro atoms. The van der Waals surface area contributed by atoms with Crippen molar-refractivity contribution in [3.8, 4) is 0 Å². The van der Waals surface area contributed by atoms with Crippen LogP contribution in [-0.2, 0) is 10.0 Å². The van der Waals surface area contributed by atoms with Crippen LogP contribution >= 0.6 is 0 Å². The first kappa shape index (κ1) is 14.9. The summed E-state index contributed by atoms with van der Waals surface area (Å²) in [5.41, 5.74) is 2.59. The fourth-order valence-corrected chi connectivity index (χ4v) is 2.56. The monoisotopic (exact) mass is 272 g/mol. The lowest BCUT2D eigenvalue weighted by Crippen LogP contribution is -2.34. The highest BCUT2D eigenvalue weighted by Crippen LogP contribution is 2.21. The first-order valence-electron chi connectivity index (χ1n) is 5.73. The van der Waals surface area contributed by atoms with Crippen molar-refractivity contribution in [3.63, 3.8) is 0 Å². The number of nitrogens with one attached hydrogen (secondary N) is 2. The van der Waals surface area contributed by atoms with Gasteiger partial charge in [0.25, 0.3) is 0 Å². The van der Waals surface area contributed by atoms with Crippen molar-refractivity contribution in [1.29, 1.82) is 0 Å². The minimum absolute atomic E-state index is 0.0550. The molecule has 0 aliphatic rings. The summed E-state index contributed by atoms with van der Waals surface area (Å²) in [7, 11) is -3.60. The van der Waals surface area contributed by atoms with E-state index in [0.717, 1.165) is 6.42 Å². The van der Waals surface area contributed by atoms with Crippen molar-refractivity contribution in [2.45, 2.75) is 32.1 Å². The SMILES string of the molecule is CCC(C)(C)CNS(=O)(=O)c1cnccc1NN. The van der Waals surface area contributed by atoms with Crippen molar-refractivity contribution in [1.82, 2.24) is 9.71 Å². The van der Waals surface area contributed by atoms with Gasteiger partial charge < -0.3 is 5.43 Å². The Hall–Kier alpha value is -1.18. The van der Waals surface area contributed by atoms with Crippen molar-refractivity contribution in [3.05, 3.63) is 18.5 Å². The summed E-state index contributed by atoms with van der Waals surface area (Å²) in [6, 6.07) is 1.51. The molecule has 0 aliphatic heterocycles. The van der Waals surface area contributed by atoms with Crippen molar-refractivity contribution >= 4 is 15.7 Å². The maximum atomic E-state index is 12.1. The lowest BCUT2D eigenvalue weighted by atomic mass is 9.91. The molecule has 1 aromatic heterocycles. The molecule has 18 heavy (non-hydrogen) atoms. The van der Waals surface area contributed by atoms with Crippen molar-refractivity contribution in [2.75, 3.05) is 12.0 Å². The van der Waals surface area contributed by atoms with Gasteiger partial charge >= 0.3 is 0 Å². The van der Waals surface area contributed by atoms with Gasteiger partial charge in [-0.15, -0.1) is 0 Å². The number of nitrogens with two attached hydrogens (primary N) is 1. The molecule has 0 amide bonds. The molecule has 0 fully saturated rings. The highest BCUT2D eigenvalue weighted by molar-refractivity contribution is 7.89. The topological polar surface area (TPSA) is 97.1 Å². The first-order chi connectivity index (χ1) is 8.32. The number of hydrogen-bond acceptors (Lipinski definition) is 5. The van der Waals surface area contributed by atoms with E-state index in [1.807, 2.05) is 20.8 Å². The number of hydrogen-bond donors (Lipinski definition) is 3. The van der Waals surface area contributed by atoms with Gasteiger partial charge in [-0.1, -0.05) is 20.8 Å². The van der Waals surface area contributed by atoms with Gasteiger partial charge in [-0.05, 0) is 17.9 Å². The predicted octanol–water partition coefficient (Wildman–Crippen LogP) is 1.08. The van der Waals surface area contributed by atoms with Gasteiger partial charge in [0.2, 0.25) is 10.0 Å². The number of pyridine rings is 1. The Kier molecular flexibility index (Phi) is 4.66. The highest BCUT2D eigenvalue weighted by Gasteiger charge is 2.22. The van der Waals surface area contributed by atoms with Crippen LogP contribution < -0.4 is 16.0 Å². The van der Waals surface area contributed by atoms with Crippen LogP contribution in [0, 0.1) is 5.41 Å². The number of sulfonamides is 1. The van der Waals surface area contributed by atoms with Crippen LogP contribution in [0.15, 0.2) is 23.4 Å². The quantitative estimate of drug-likeness (QED) is 0.532. The zero-order valence-electron chi connectivity index (χ0n) is 10.9. The maximum absolute atomic E-state index is 12.1. The molecule has 0 aliphatic carbocycles. The number of hydrazine groups is 1. The number of anilines is 1. The predicted molar refractivity (Wildman–Crippen MR) is 71.3 cm³/mol. The molecule has 6 nitrogen and oxygen atoms in total. The van der Waals surface area contributed by atoms with Gasteiger partial charge in [-0.25, -0.2) is 13.1 Å². The molecule has 1 rings (SSSR count). The molecule has 102 valence electrons. The van der Waals surface area contributed by atoms with Crippen LogP contribution in [-0.4, -0.2) is 19.9 Å². The van der Waals surface area contributed by atoms with Gasteiger partial charge in [0.1, 0.15) is 4.90 Å². The van der Waals surface area contributed by atoms with E-state index in [-0.39, 0.29) is 10.3 Å². The Morgan fingerprint density at radius 1 is 1.44 bits per heavy atom. The molecule has 0 saturated heterocycles. The number of aromatic nitrogens is 1. The minimum atomic E-state index is -3.60. The van der Waals surface area contributed by atoms with E-state index in [0.29, 0.717) is 12.2 Å². The van der Waals surface area contributed by atoms with E-state index in [9.17, 15) is 8.42 Å².